The van der Waals surface area contributed by atoms with Crippen molar-refractivity contribution in [2.75, 3.05) is 50.9 Å². The Hall–Kier alpha value is -3.70. The Morgan fingerprint density at radius 3 is 1.97 bits per heavy atom. The van der Waals surface area contributed by atoms with Crippen molar-refractivity contribution in [2.24, 2.45) is 0 Å². The summed E-state index contributed by atoms with van der Waals surface area (Å²) in [5.41, 5.74) is -1.30. The second-order valence-electron chi connectivity index (χ2n) is 7.84. The van der Waals surface area contributed by atoms with Crippen LogP contribution in [-0.2, 0) is 6.18 Å². The minimum atomic E-state index is -4.69. The van der Waals surface area contributed by atoms with Gasteiger partial charge in [0.25, 0.3) is 11.6 Å². The number of piperazine rings is 1. The number of ether oxygens (including phenoxy) is 3. The number of hydrogen-bond donors (Lipinski definition) is 0. The molecule has 36 heavy (non-hydrogen) atoms. The van der Waals surface area contributed by atoms with Gasteiger partial charge in [0.15, 0.2) is 11.5 Å². The van der Waals surface area contributed by atoms with E-state index in [0.717, 1.165) is 12.1 Å². The van der Waals surface area contributed by atoms with Crippen LogP contribution in [0, 0.1) is 10.1 Å². The lowest BCUT2D eigenvalue weighted by atomic mass is 10.1. The van der Waals surface area contributed by atoms with Crippen LogP contribution < -0.4 is 19.1 Å². The Bertz CT molecular complexity index is 1070. The van der Waals surface area contributed by atoms with E-state index in [0.29, 0.717) is 48.7 Å². The van der Waals surface area contributed by atoms with E-state index in [2.05, 4.69) is 0 Å². The predicted molar refractivity (Wildman–Crippen MR) is 126 cm³/mol. The number of nitrogens with zero attached hydrogens (tertiary/aromatic N) is 3. The third-order valence-electron chi connectivity index (χ3n) is 5.56. The highest BCUT2D eigenvalue weighted by Gasteiger charge is 2.34. The van der Waals surface area contributed by atoms with Gasteiger partial charge in [-0.25, -0.2) is 0 Å². The zero-order valence-electron chi connectivity index (χ0n) is 20.3. The highest BCUT2D eigenvalue weighted by molar-refractivity contribution is 5.96. The SMILES string of the molecule is CCOc1cc(C(=O)N2CCN(c3ccc(C(F)(F)F)cc3[N+](=O)[O-])CC2)cc(OCC)c1OCC. The maximum atomic E-state index is 13.3. The number of hydrogen-bond acceptors (Lipinski definition) is 7. The van der Waals surface area contributed by atoms with Crippen molar-refractivity contribution < 1.29 is 37.1 Å². The number of nitro benzene ring substituents is 1. The summed E-state index contributed by atoms with van der Waals surface area (Å²) < 4.78 is 56.1. The quantitative estimate of drug-likeness (QED) is 0.354. The molecular formula is C24H28F3N3O6. The first-order chi connectivity index (χ1) is 17.1. The number of anilines is 1. The molecule has 0 saturated carbocycles. The Morgan fingerprint density at radius 1 is 0.944 bits per heavy atom. The number of amides is 1. The lowest BCUT2D eigenvalue weighted by Gasteiger charge is -2.36. The molecule has 0 unspecified atom stereocenters. The van der Waals surface area contributed by atoms with Crippen LogP contribution in [0.15, 0.2) is 30.3 Å². The largest absolute Gasteiger partial charge is 0.490 e. The third-order valence-corrected chi connectivity index (χ3v) is 5.56. The number of halogens is 3. The molecule has 1 saturated heterocycles. The third kappa shape index (κ3) is 5.92. The molecule has 0 bridgehead atoms. The van der Waals surface area contributed by atoms with Gasteiger partial charge in [-0.15, -0.1) is 0 Å². The van der Waals surface area contributed by atoms with Crippen molar-refractivity contribution in [3.05, 3.63) is 51.6 Å². The van der Waals surface area contributed by atoms with Gasteiger partial charge >= 0.3 is 6.18 Å². The van der Waals surface area contributed by atoms with Gasteiger partial charge in [0.05, 0.1) is 30.3 Å². The molecule has 0 aromatic heterocycles. The first kappa shape index (κ1) is 26.9. The number of nitro groups is 1. The first-order valence-electron chi connectivity index (χ1n) is 11.6. The normalized spacial score (nSPS) is 13.9. The summed E-state index contributed by atoms with van der Waals surface area (Å²) in [5.74, 6) is 0.888. The van der Waals surface area contributed by atoms with E-state index in [1.807, 2.05) is 20.8 Å². The van der Waals surface area contributed by atoms with Gasteiger partial charge in [-0.3, -0.25) is 14.9 Å². The highest BCUT2D eigenvalue weighted by atomic mass is 19.4. The molecular weight excluding hydrogens is 483 g/mol. The molecule has 0 radical (unpaired) electrons. The lowest BCUT2D eigenvalue weighted by molar-refractivity contribution is -0.384. The molecule has 1 amide bonds. The second kappa shape index (κ2) is 11.4. The smallest absolute Gasteiger partial charge is 0.416 e. The van der Waals surface area contributed by atoms with Crippen LogP contribution >= 0.6 is 0 Å². The predicted octanol–water partition coefficient (Wildman–Crippen LogP) is 4.77. The van der Waals surface area contributed by atoms with Gasteiger partial charge < -0.3 is 24.0 Å². The molecule has 0 spiro atoms. The van der Waals surface area contributed by atoms with Crippen LogP contribution in [0.25, 0.3) is 0 Å². The molecule has 1 aliphatic rings. The summed E-state index contributed by atoms with van der Waals surface area (Å²) in [6.45, 7) is 7.40. The topological polar surface area (TPSA) is 94.4 Å². The van der Waals surface area contributed by atoms with Crippen LogP contribution in [0.4, 0.5) is 24.5 Å². The molecule has 1 aliphatic heterocycles. The first-order valence-corrected chi connectivity index (χ1v) is 11.6. The molecule has 12 heteroatoms. The highest BCUT2D eigenvalue weighted by Crippen LogP contribution is 2.40. The standard InChI is InChI=1S/C24H28F3N3O6/c1-4-34-20-13-16(14-21(35-5-2)22(20)36-6-3)23(31)29-11-9-28(10-12-29)18-8-7-17(24(25,26)27)15-19(18)30(32)33/h7-8,13-15H,4-6,9-12H2,1-3H3. The fourth-order valence-corrected chi connectivity index (χ4v) is 3.96. The van der Waals surface area contributed by atoms with Gasteiger partial charge in [-0.2, -0.15) is 13.2 Å². The minimum Gasteiger partial charge on any atom is -0.490 e. The molecule has 0 N–H and O–H groups in total. The van der Waals surface area contributed by atoms with E-state index in [9.17, 15) is 28.1 Å². The Labute approximate surface area is 206 Å². The van der Waals surface area contributed by atoms with Crippen molar-refractivity contribution in [3.8, 4) is 17.2 Å². The maximum absolute atomic E-state index is 13.3. The van der Waals surface area contributed by atoms with Gasteiger partial charge in [-0.1, -0.05) is 0 Å². The maximum Gasteiger partial charge on any atom is 0.416 e. The molecule has 2 aromatic carbocycles. The lowest BCUT2D eigenvalue weighted by Crippen LogP contribution is -2.49. The van der Waals surface area contributed by atoms with Crippen molar-refractivity contribution >= 4 is 17.3 Å². The number of carbonyl (C=O) groups is 1. The summed E-state index contributed by atoms with van der Waals surface area (Å²) in [5, 5.41) is 11.5. The monoisotopic (exact) mass is 511 g/mol. The molecule has 3 rings (SSSR count). The van der Waals surface area contributed by atoms with Gasteiger partial charge in [-0.05, 0) is 45.0 Å². The molecule has 1 fully saturated rings. The van der Waals surface area contributed by atoms with Gasteiger partial charge in [0.2, 0.25) is 5.75 Å². The second-order valence-corrected chi connectivity index (χ2v) is 7.84. The van der Waals surface area contributed by atoms with Crippen LogP contribution in [0.5, 0.6) is 17.2 Å². The van der Waals surface area contributed by atoms with Crippen molar-refractivity contribution in [3.63, 3.8) is 0 Å². The van der Waals surface area contributed by atoms with Crippen LogP contribution in [0.1, 0.15) is 36.7 Å². The molecule has 0 atom stereocenters. The zero-order chi connectivity index (χ0) is 26.5. The van der Waals surface area contributed by atoms with Gasteiger partial charge in [0.1, 0.15) is 5.69 Å². The van der Waals surface area contributed by atoms with Crippen LogP contribution in [0.3, 0.4) is 0 Å². The summed E-state index contributed by atoms with van der Waals surface area (Å²) in [4.78, 5) is 27.1. The molecule has 1 heterocycles. The molecule has 196 valence electrons. The Balaban J connectivity index is 1.81. The Morgan fingerprint density at radius 2 is 1.50 bits per heavy atom. The molecule has 9 nitrogen and oxygen atoms in total. The van der Waals surface area contributed by atoms with Crippen molar-refractivity contribution in [2.45, 2.75) is 26.9 Å². The number of carbonyl (C=O) groups excluding carboxylic acids is 1. The van der Waals surface area contributed by atoms with Crippen molar-refractivity contribution in [1.82, 2.24) is 4.90 Å². The van der Waals surface area contributed by atoms with E-state index < -0.39 is 22.4 Å². The number of benzene rings is 2. The summed E-state index contributed by atoms with van der Waals surface area (Å²) in [6, 6.07) is 5.65. The Kier molecular flexibility index (Phi) is 8.49. The van der Waals surface area contributed by atoms with Gasteiger partial charge in [0, 0.05) is 37.8 Å². The van der Waals surface area contributed by atoms with E-state index >= 15 is 0 Å². The van der Waals surface area contributed by atoms with E-state index in [-0.39, 0.29) is 37.8 Å². The molecule has 0 aliphatic carbocycles. The van der Waals surface area contributed by atoms with Crippen molar-refractivity contribution in [1.29, 1.82) is 0 Å². The summed E-state index contributed by atoms with van der Waals surface area (Å²) in [7, 11) is 0. The van der Waals surface area contributed by atoms with E-state index in [1.54, 1.807) is 21.9 Å². The summed E-state index contributed by atoms with van der Waals surface area (Å²) >= 11 is 0. The van der Waals surface area contributed by atoms with Crippen LogP contribution in [0.2, 0.25) is 0 Å². The number of alkyl halides is 3. The zero-order valence-corrected chi connectivity index (χ0v) is 20.3. The molecule has 2 aromatic rings. The van der Waals surface area contributed by atoms with E-state index in [1.165, 1.54) is 0 Å². The average Bonchev–Trinajstić information content (AvgIpc) is 2.85. The number of rotatable bonds is 9. The fraction of sp³-hybridized carbons (Fsp3) is 0.458. The minimum absolute atomic E-state index is 0.0819. The van der Waals surface area contributed by atoms with E-state index in [4.69, 9.17) is 14.2 Å². The average molecular weight is 511 g/mol. The fourth-order valence-electron chi connectivity index (χ4n) is 3.96. The van der Waals surface area contributed by atoms with Crippen LogP contribution in [-0.4, -0.2) is 61.7 Å². The summed E-state index contributed by atoms with van der Waals surface area (Å²) in [6.07, 6.45) is -4.69.